The first kappa shape index (κ1) is 19.6. The quantitative estimate of drug-likeness (QED) is 0.719. The average Bonchev–Trinajstić information content (AvgIpc) is 2.92. The number of thiophene rings is 1. The summed E-state index contributed by atoms with van der Waals surface area (Å²) in [6.45, 7) is 5.09. The number of carboxylic acids is 1. The predicted molar refractivity (Wildman–Crippen MR) is 97.1 cm³/mol. The number of amides is 2. The first-order valence-corrected chi connectivity index (χ1v) is 8.71. The fourth-order valence-electron chi connectivity index (χ4n) is 2.30. The Kier molecular flexibility index (Phi) is 6.10. The highest BCUT2D eigenvalue weighted by atomic mass is 32.1. The fourth-order valence-corrected chi connectivity index (χ4v) is 3.27. The minimum absolute atomic E-state index is 0.160. The molecule has 0 saturated carbocycles. The van der Waals surface area contributed by atoms with Crippen LogP contribution in [0.5, 0.6) is 0 Å². The van der Waals surface area contributed by atoms with Crippen molar-refractivity contribution >= 4 is 34.1 Å². The van der Waals surface area contributed by atoms with Gasteiger partial charge in [0, 0.05) is 5.56 Å². The summed E-state index contributed by atoms with van der Waals surface area (Å²) in [6.07, 6.45) is 0. The Bertz CT molecular complexity index is 847. The van der Waals surface area contributed by atoms with Crippen LogP contribution in [0, 0.1) is 18.7 Å². The summed E-state index contributed by atoms with van der Waals surface area (Å²) >= 11 is 1.03. The summed E-state index contributed by atoms with van der Waals surface area (Å²) in [6, 6.07) is 5.87. The van der Waals surface area contributed by atoms with E-state index in [9.17, 15) is 23.9 Å². The number of aryl methyl sites for hydroxylation is 1. The van der Waals surface area contributed by atoms with Gasteiger partial charge in [-0.15, -0.1) is 11.3 Å². The Morgan fingerprint density at radius 2 is 1.85 bits per heavy atom. The first-order chi connectivity index (χ1) is 12.2. The number of carbonyl (C=O) groups excluding carboxylic acids is 2. The van der Waals surface area contributed by atoms with E-state index in [0.717, 1.165) is 17.4 Å². The van der Waals surface area contributed by atoms with E-state index in [0.29, 0.717) is 15.4 Å². The zero-order valence-electron chi connectivity index (χ0n) is 14.5. The topological polar surface area (TPSA) is 95.5 Å². The van der Waals surface area contributed by atoms with Crippen molar-refractivity contribution in [2.24, 2.45) is 5.92 Å². The molecule has 0 aliphatic rings. The number of aliphatic carboxylic acids is 1. The SMILES string of the molecule is Cc1cc(NC(=O)c2cccc(F)c2)sc1C(=O)N[C@H](C(=O)O)C(C)C. The van der Waals surface area contributed by atoms with Gasteiger partial charge in [0.15, 0.2) is 0 Å². The van der Waals surface area contributed by atoms with Gasteiger partial charge in [-0.3, -0.25) is 9.59 Å². The van der Waals surface area contributed by atoms with E-state index < -0.39 is 29.6 Å². The second-order valence-corrected chi connectivity index (χ2v) is 7.17. The Morgan fingerprint density at radius 3 is 2.42 bits per heavy atom. The summed E-state index contributed by atoms with van der Waals surface area (Å²) in [7, 11) is 0. The van der Waals surface area contributed by atoms with Gasteiger partial charge < -0.3 is 15.7 Å². The highest BCUT2D eigenvalue weighted by molar-refractivity contribution is 7.18. The average molecular weight is 378 g/mol. The van der Waals surface area contributed by atoms with Crippen LogP contribution in [0.3, 0.4) is 0 Å². The van der Waals surface area contributed by atoms with E-state index in [2.05, 4.69) is 10.6 Å². The molecule has 0 radical (unpaired) electrons. The number of hydrogen-bond acceptors (Lipinski definition) is 4. The summed E-state index contributed by atoms with van der Waals surface area (Å²) in [5.41, 5.74) is 0.766. The number of rotatable bonds is 6. The summed E-state index contributed by atoms with van der Waals surface area (Å²) < 4.78 is 13.2. The fraction of sp³-hybridized carbons (Fsp3) is 0.278. The van der Waals surface area contributed by atoms with Gasteiger partial charge in [0.05, 0.1) is 9.88 Å². The molecule has 6 nitrogen and oxygen atoms in total. The molecule has 0 aliphatic heterocycles. The molecule has 8 heteroatoms. The van der Waals surface area contributed by atoms with Crippen molar-refractivity contribution in [2.75, 3.05) is 5.32 Å². The van der Waals surface area contributed by atoms with E-state index in [1.807, 2.05) is 0 Å². The second-order valence-electron chi connectivity index (χ2n) is 6.12. The van der Waals surface area contributed by atoms with Crippen LogP contribution in [0.2, 0.25) is 0 Å². The third-order valence-electron chi connectivity index (χ3n) is 3.67. The van der Waals surface area contributed by atoms with Crippen molar-refractivity contribution in [3.63, 3.8) is 0 Å². The van der Waals surface area contributed by atoms with Crippen molar-refractivity contribution in [3.05, 3.63) is 52.2 Å². The maximum atomic E-state index is 13.2. The zero-order valence-corrected chi connectivity index (χ0v) is 15.3. The number of nitrogens with one attached hydrogen (secondary N) is 2. The minimum Gasteiger partial charge on any atom is -0.480 e. The molecule has 1 aromatic heterocycles. The van der Waals surface area contributed by atoms with Gasteiger partial charge in [0.1, 0.15) is 11.9 Å². The molecule has 1 atom stereocenters. The molecule has 1 heterocycles. The van der Waals surface area contributed by atoms with Crippen LogP contribution in [-0.4, -0.2) is 28.9 Å². The number of benzene rings is 1. The van der Waals surface area contributed by atoms with E-state index in [1.54, 1.807) is 26.8 Å². The third-order valence-corrected chi connectivity index (χ3v) is 4.82. The van der Waals surface area contributed by atoms with E-state index in [1.165, 1.54) is 18.2 Å². The predicted octanol–water partition coefficient (Wildman–Crippen LogP) is 3.29. The molecule has 0 aliphatic carbocycles. The Morgan fingerprint density at radius 1 is 1.15 bits per heavy atom. The highest BCUT2D eigenvalue weighted by Crippen LogP contribution is 2.27. The Balaban J connectivity index is 2.14. The maximum Gasteiger partial charge on any atom is 0.326 e. The van der Waals surface area contributed by atoms with Crippen LogP contribution in [-0.2, 0) is 4.79 Å². The van der Waals surface area contributed by atoms with Gasteiger partial charge in [0.2, 0.25) is 0 Å². The lowest BCUT2D eigenvalue weighted by Gasteiger charge is -2.17. The molecular formula is C18H19FN2O4S. The van der Waals surface area contributed by atoms with Gasteiger partial charge in [-0.25, -0.2) is 9.18 Å². The van der Waals surface area contributed by atoms with Crippen molar-refractivity contribution in [2.45, 2.75) is 26.8 Å². The second kappa shape index (κ2) is 8.09. The molecule has 0 fully saturated rings. The number of hydrogen-bond donors (Lipinski definition) is 3. The minimum atomic E-state index is -1.11. The molecule has 26 heavy (non-hydrogen) atoms. The molecule has 0 unspecified atom stereocenters. The standard InChI is InChI=1S/C18H19FN2O4S/c1-9(2)14(18(24)25)21-17(23)15-10(3)7-13(26-15)20-16(22)11-5-4-6-12(19)8-11/h4-9,14H,1-3H3,(H,20,22)(H,21,23)(H,24,25)/t14-/m0/s1. The third kappa shape index (κ3) is 4.66. The number of anilines is 1. The normalized spacial score (nSPS) is 11.9. The zero-order chi connectivity index (χ0) is 19.4. The number of carbonyl (C=O) groups is 3. The number of halogens is 1. The number of carboxylic acid groups (broad SMARTS) is 1. The van der Waals surface area contributed by atoms with Crippen molar-refractivity contribution < 1.29 is 23.9 Å². The lowest BCUT2D eigenvalue weighted by atomic mass is 10.0. The highest BCUT2D eigenvalue weighted by Gasteiger charge is 2.25. The van der Waals surface area contributed by atoms with Gasteiger partial charge in [-0.1, -0.05) is 19.9 Å². The molecular weight excluding hydrogens is 359 g/mol. The van der Waals surface area contributed by atoms with Crippen LogP contribution >= 0.6 is 11.3 Å². The van der Waals surface area contributed by atoms with Gasteiger partial charge >= 0.3 is 5.97 Å². The van der Waals surface area contributed by atoms with Crippen LogP contribution in [0.4, 0.5) is 9.39 Å². The van der Waals surface area contributed by atoms with E-state index in [-0.39, 0.29) is 11.5 Å². The van der Waals surface area contributed by atoms with Gasteiger partial charge in [0.25, 0.3) is 11.8 Å². The summed E-state index contributed by atoms with van der Waals surface area (Å²) in [4.78, 5) is 36.1. The monoisotopic (exact) mass is 378 g/mol. The molecule has 2 rings (SSSR count). The van der Waals surface area contributed by atoms with Crippen molar-refractivity contribution in [1.29, 1.82) is 0 Å². The van der Waals surface area contributed by atoms with E-state index in [4.69, 9.17) is 0 Å². The van der Waals surface area contributed by atoms with Crippen LogP contribution in [0.1, 0.15) is 39.4 Å². The van der Waals surface area contributed by atoms with Crippen LogP contribution in [0.25, 0.3) is 0 Å². The first-order valence-electron chi connectivity index (χ1n) is 7.90. The molecule has 0 bridgehead atoms. The molecule has 3 N–H and O–H groups in total. The summed E-state index contributed by atoms with van der Waals surface area (Å²) in [5, 5.41) is 14.7. The Labute approximate surface area is 154 Å². The Hall–Kier alpha value is -2.74. The van der Waals surface area contributed by atoms with Gasteiger partial charge in [-0.2, -0.15) is 0 Å². The molecule has 138 valence electrons. The largest absolute Gasteiger partial charge is 0.480 e. The molecule has 0 spiro atoms. The molecule has 2 amide bonds. The lowest BCUT2D eigenvalue weighted by molar-refractivity contribution is -0.140. The smallest absolute Gasteiger partial charge is 0.326 e. The van der Waals surface area contributed by atoms with Crippen LogP contribution in [0.15, 0.2) is 30.3 Å². The van der Waals surface area contributed by atoms with E-state index >= 15 is 0 Å². The van der Waals surface area contributed by atoms with Crippen molar-refractivity contribution in [1.82, 2.24) is 5.32 Å². The molecule has 0 saturated heterocycles. The van der Waals surface area contributed by atoms with Crippen molar-refractivity contribution in [3.8, 4) is 0 Å². The summed E-state index contributed by atoms with van der Waals surface area (Å²) in [5.74, 6) is -2.91. The van der Waals surface area contributed by atoms with Gasteiger partial charge in [-0.05, 0) is 42.7 Å². The molecule has 1 aromatic carbocycles. The van der Waals surface area contributed by atoms with Crippen LogP contribution < -0.4 is 10.6 Å². The molecule has 2 aromatic rings. The lowest BCUT2D eigenvalue weighted by Crippen LogP contribution is -2.44. The maximum absolute atomic E-state index is 13.2.